The van der Waals surface area contributed by atoms with E-state index in [9.17, 15) is 4.79 Å². The molecule has 2 atom stereocenters. The Kier molecular flexibility index (Phi) is 9.70. The van der Waals surface area contributed by atoms with E-state index in [1.165, 1.54) is 7.11 Å². The number of methoxy groups -OCH3 is 1. The van der Waals surface area contributed by atoms with Gasteiger partial charge in [0.2, 0.25) is 0 Å². The minimum Gasteiger partial charge on any atom is -0.468 e. The molecule has 0 aromatic rings. The summed E-state index contributed by atoms with van der Waals surface area (Å²) in [5.74, 6) is 2.83. The first-order chi connectivity index (χ1) is 11.2. The van der Waals surface area contributed by atoms with Crippen LogP contribution in [-0.2, 0) is 14.3 Å². The lowest BCUT2D eigenvalue weighted by Gasteiger charge is -2.33. The van der Waals surface area contributed by atoms with E-state index in [-0.39, 0.29) is 11.4 Å². The third-order valence-corrected chi connectivity index (χ3v) is 4.09. The fourth-order valence-electron chi connectivity index (χ4n) is 2.62. The zero-order valence-electron chi connectivity index (χ0n) is 16.4. The van der Waals surface area contributed by atoms with Crippen molar-refractivity contribution in [3.05, 3.63) is 23.8 Å². The van der Waals surface area contributed by atoms with E-state index >= 15 is 0 Å². The Morgan fingerprint density at radius 3 is 2.46 bits per heavy atom. The van der Waals surface area contributed by atoms with Crippen LogP contribution >= 0.6 is 0 Å². The first-order valence-corrected chi connectivity index (χ1v) is 8.72. The number of carbonyl (C=O) groups excluding carboxylic acids is 1. The van der Waals surface area contributed by atoms with Crippen LogP contribution in [0.15, 0.2) is 23.8 Å². The van der Waals surface area contributed by atoms with Crippen molar-refractivity contribution in [1.82, 2.24) is 0 Å². The predicted octanol–water partition coefficient (Wildman–Crippen LogP) is 4.78. The van der Waals surface area contributed by atoms with Crippen molar-refractivity contribution in [3.63, 3.8) is 0 Å². The highest BCUT2D eigenvalue weighted by molar-refractivity contribution is 5.80. The smallest absolute Gasteiger partial charge is 0.318 e. The summed E-state index contributed by atoms with van der Waals surface area (Å²) in [6, 6.07) is 0. The molecule has 3 nitrogen and oxygen atoms in total. The van der Waals surface area contributed by atoms with Crippen LogP contribution in [0.5, 0.6) is 0 Å². The van der Waals surface area contributed by atoms with Crippen LogP contribution in [0.1, 0.15) is 54.4 Å². The molecule has 3 heteroatoms. The molecule has 0 aromatic heterocycles. The molecular weight excluding hydrogens is 300 g/mol. The van der Waals surface area contributed by atoms with Crippen LogP contribution in [0.2, 0.25) is 0 Å². The minimum atomic E-state index is -0.750. The standard InChI is InChI=1S/C19H28O3.C2H6/c1-7-11-18(3,4)13-22-14-19(5,17(20)21-6)16-10-8-9-15(2)12-16;1-2/h1,8-10,15H,11-14H2,2-6H3;1-2H3. The maximum atomic E-state index is 12.3. The van der Waals surface area contributed by atoms with Gasteiger partial charge in [0.05, 0.1) is 20.3 Å². The minimum absolute atomic E-state index is 0.0973. The van der Waals surface area contributed by atoms with Crippen molar-refractivity contribution < 1.29 is 14.3 Å². The molecule has 24 heavy (non-hydrogen) atoms. The summed E-state index contributed by atoms with van der Waals surface area (Å²) in [5.41, 5.74) is 0.212. The molecule has 0 saturated heterocycles. The molecule has 0 aliphatic heterocycles. The van der Waals surface area contributed by atoms with Gasteiger partial charge in [0, 0.05) is 6.42 Å². The van der Waals surface area contributed by atoms with Crippen molar-refractivity contribution in [3.8, 4) is 12.3 Å². The Bertz CT molecular complexity index is 494. The Hall–Kier alpha value is -1.53. The molecule has 0 bridgehead atoms. The third kappa shape index (κ3) is 6.53. The maximum Gasteiger partial charge on any atom is 0.318 e. The van der Waals surface area contributed by atoms with Crippen LogP contribution < -0.4 is 0 Å². The summed E-state index contributed by atoms with van der Waals surface area (Å²) in [7, 11) is 1.42. The number of hydrogen-bond acceptors (Lipinski definition) is 3. The highest BCUT2D eigenvalue weighted by atomic mass is 16.5. The molecule has 0 spiro atoms. The van der Waals surface area contributed by atoms with E-state index in [2.05, 4.69) is 32.8 Å². The molecule has 2 unspecified atom stereocenters. The lowest BCUT2D eigenvalue weighted by Crippen LogP contribution is -2.38. The fraction of sp³-hybridized carbons (Fsp3) is 0.667. The van der Waals surface area contributed by atoms with Crippen LogP contribution in [0.25, 0.3) is 0 Å². The quantitative estimate of drug-likeness (QED) is 0.496. The Balaban J connectivity index is 0.00000254. The van der Waals surface area contributed by atoms with Crippen molar-refractivity contribution >= 4 is 5.97 Å². The highest BCUT2D eigenvalue weighted by Crippen LogP contribution is 2.36. The molecule has 0 saturated carbocycles. The molecular formula is C21H34O3. The van der Waals surface area contributed by atoms with Crippen LogP contribution in [0.3, 0.4) is 0 Å². The summed E-state index contributed by atoms with van der Waals surface area (Å²) in [4.78, 5) is 12.3. The highest BCUT2D eigenvalue weighted by Gasteiger charge is 2.39. The predicted molar refractivity (Wildman–Crippen MR) is 101 cm³/mol. The molecule has 0 radical (unpaired) electrons. The van der Waals surface area contributed by atoms with Gasteiger partial charge in [0.15, 0.2) is 0 Å². The largest absolute Gasteiger partial charge is 0.468 e. The SMILES string of the molecule is C#CCC(C)(C)COCC(C)(C(=O)OC)C1=CC=CC(C)C1.CC. The van der Waals surface area contributed by atoms with Gasteiger partial charge in [0.25, 0.3) is 0 Å². The van der Waals surface area contributed by atoms with Crippen molar-refractivity contribution in [2.45, 2.75) is 54.4 Å². The van der Waals surface area contributed by atoms with Crippen molar-refractivity contribution in [2.24, 2.45) is 16.7 Å². The second kappa shape index (κ2) is 10.4. The molecule has 136 valence electrons. The summed E-state index contributed by atoms with van der Waals surface area (Å²) >= 11 is 0. The van der Waals surface area contributed by atoms with E-state index in [4.69, 9.17) is 15.9 Å². The zero-order chi connectivity index (χ0) is 18.8. The number of hydrogen-bond donors (Lipinski definition) is 0. The fourth-order valence-corrected chi connectivity index (χ4v) is 2.62. The molecule has 0 fully saturated rings. The zero-order valence-corrected chi connectivity index (χ0v) is 16.4. The number of rotatable bonds is 7. The van der Waals surface area contributed by atoms with Crippen molar-refractivity contribution in [2.75, 3.05) is 20.3 Å². The lowest BCUT2D eigenvalue weighted by molar-refractivity contribution is -0.153. The number of esters is 1. The van der Waals surface area contributed by atoms with Crippen LogP contribution in [0.4, 0.5) is 0 Å². The van der Waals surface area contributed by atoms with Gasteiger partial charge in [-0.05, 0) is 24.7 Å². The molecule has 0 heterocycles. The van der Waals surface area contributed by atoms with Gasteiger partial charge >= 0.3 is 5.97 Å². The van der Waals surface area contributed by atoms with Gasteiger partial charge in [0.1, 0.15) is 5.41 Å². The summed E-state index contributed by atoms with van der Waals surface area (Å²) < 4.78 is 10.9. The van der Waals surface area contributed by atoms with Gasteiger partial charge in [-0.15, -0.1) is 12.3 Å². The average Bonchev–Trinajstić information content (AvgIpc) is 2.55. The second-order valence-electron chi connectivity index (χ2n) is 7.12. The Morgan fingerprint density at radius 1 is 1.33 bits per heavy atom. The number of ether oxygens (including phenoxy) is 2. The number of carbonyl (C=O) groups is 1. The normalized spacial score (nSPS) is 19.2. The van der Waals surface area contributed by atoms with Gasteiger partial charge in [-0.2, -0.15) is 0 Å². The maximum absolute atomic E-state index is 12.3. The molecule has 1 rings (SSSR count). The van der Waals surface area contributed by atoms with E-state index < -0.39 is 5.41 Å². The van der Waals surface area contributed by atoms with E-state index in [1.54, 1.807) is 0 Å². The van der Waals surface area contributed by atoms with Crippen LogP contribution in [-0.4, -0.2) is 26.3 Å². The van der Waals surface area contributed by atoms with E-state index in [1.807, 2.05) is 32.9 Å². The van der Waals surface area contributed by atoms with Crippen LogP contribution in [0, 0.1) is 29.1 Å². The van der Waals surface area contributed by atoms with Gasteiger partial charge in [-0.25, -0.2) is 0 Å². The van der Waals surface area contributed by atoms with E-state index in [0.29, 0.717) is 25.6 Å². The average molecular weight is 335 g/mol. The van der Waals surface area contributed by atoms with Gasteiger partial charge < -0.3 is 9.47 Å². The lowest BCUT2D eigenvalue weighted by atomic mass is 9.76. The summed E-state index contributed by atoms with van der Waals surface area (Å²) in [6.07, 6.45) is 13.0. The Labute approximate surface area is 148 Å². The topological polar surface area (TPSA) is 35.5 Å². The Morgan fingerprint density at radius 2 is 1.96 bits per heavy atom. The first-order valence-electron chi connectivity index (χ1n) is 8.72. The third-order valence-electron chi connectivity index (χ3n) is 4.09. The van der Waals surface area contributed by atoms with E-state index in [0.717, 1.165) is 12.0 Å². The molecule has 1 aliphatic rings. The summed E-state index contributed by atoms with van der Waals surface area (Å²) in [6.45, 7) is 13.0. The molecule has 0 N–H and O–H groups in total. The number of allylic oxidation sites excluding steroid dienone is 3. The monoisotopic (exact) mass is 334 g/mol. The molecule has 1 aliphatic carbocycles. The first kappa shape index (κ1) is 22.5. The van der Waals surface area contributed by atoms with Gasteiger partial charge in [-0.3, -0.25) is 4.79 Å². The second-order valence-corrected chi connectivity index (χ2v) is 7.12. The summed E-state index contributed by atoms with van der Waals surface area (Å²) in [5, 5.41) is 0. The molecule has 0 amide bonds. The van der Waals surface area contributed by atoms with Gasteiger partial charge in [-0.1, -0.05) is 58.4 Å². The number of terminal acetylenes is 1. The van der Waals surface area contributed by atoms with Crippen molar-refractivity contribution in [1.29, 1.82) is 0 Å². The molecule has 0 aromatic carbocycles.